The summed E-state index contributed by atoms with van der Waals surface area (Å²) < 4.78 is 46.3. The van der Waals surface area contributed by atoms with Gasteiger partial charge in [0.25, 0.3) is 6.43 Å². The summed E-state index contributed by atoms with van der Waals surface area (Å²) >= 11 is 1.56. The number of H-pyrrole nitrogens is 1. The van der Waals surface area contributed by atoms with Crippen LogP contribution in [0.1, 0.15) is 49.9 Å². The summed E-state index contributed by atoms with van der Waals surface area (Å²) in [6.07, 6.45) is 1.38. The van der Waals surface area contributed by atoms with Gasteiger partial charge in [-0.15, -0.1) is 11.8 Å². The molecule has 2 aliphatic rings. The number of pyridine rings is 1. The Labute approximate surface area is 204 Å². The van der Waals surface area contributed by atoms with Gasteiger partial charge in [0.1, 0.15) is 17.0 Å². The number of hydrogen-bond acceptors (Lipinski definition) is 6. The number of fused-ring (bicyclic) bond motifs is 1. The minimum atomic E-state index is -2.81. The molecule has 0 radical (unpaired) electrons. The predicted molar refractivity (Wildman–Crippen MR) is 129 cm³/mol. The van der Waals surface area contributed by atoms with E-state index in [9.17, 15) is 18.0 Å². The highest BCUT2D eigenvalue weighted by atomic mass is 32.2. The first-order valence-corrected chi connectivity index (χ1v) is 12.7. The molecule has 186 valence electrons. The van der Waals surface area contributed by atoms with Gasteiger partial charge in [0.15, 0.2) is 11.5 Å². The first-order valence-electron chi connectivity index (χ1n) is 11.5. The molecule has 2 fully saturated rings. The Hall–Kier alpha value is -2.79. The van der Waals surface area contributed by atoms with E-state index in [-0.39, 0.29) is 23.4 Å². The van der Waals surface area contributed by atoms with Crippen molar-refractivity contribution in [2.45, 2.75) is 49.1 Å². The Kier molecular flexibility index (Phi) is 6.39. The van der Waals surface area contributed by atoms with Crippen LogP contribution >= 0.6 is 11.8 Å². The second-order valence-electron chi connectivity index (χ2n) is 9.20. The summed E-state index contributed by atoms with van der Waals surface area (Å²) in [7, 11) is 0. The standard InChI is InChI=1S/C24H26F3N5O2S/c1-24(27)10-14(24)23(33)30-18-9-16(19-21(29-18)32-22(31-19)20(25)26)28-15-6-5-12(8-17(15)35-2)13-4-3-7-34-11-13/h5-6,8-9,13-14,20H,3-4,7,10-11H2,1-2H3,(H3,28,29,30,31,32,33). The molecule has 11 heteroatoms. The van der Waals surface area contributed by atoms with E-state index in [1.807, 2.05) is 18.4 Å². The first kappa shape index (κ1) is 23.9. The number of anilines is 3. The van der Waals surface area contributed by atoms with Crippen molar-refractivity contribution in [1.29, 1.82) is 0 Å². The summed E-state index contributed by atoms with van der Waals surface area (Å²) in [6, 6.07) is 7.64. The number of rotatable bonds is 7. The third kappa shape index (κ3) is 4.97. The molecule has 3 atom stereocenters. The average Bonchev–Trinajstić information content (AvgIpc) is 3.27. The zero-order valence-corrected chi connectivity index (χ0v) is 20.1. The van der Waals surface area contributed by atoms with Gasteiger partial charge in [0.2, 0.25) is 5.91 Å². The summed E-state index contributed by atoms with van der Waals surface area (Å²) in [5.74, 6) is -1.33. The Balaban J connectivity index is 1.48. The number of imidazole rings is 1. The minimum Gasteiger partial charge on any atom is -0.381 e. The van der Waals surface area contributed by atoms with Crippen LogP contribution in [0.15, 0.2) is 29.2 Å². The molecule has 0 bridgehead atoms. The zero-order valence-electron chi connectivity index (χ0n) is 19.3. The molecule has 5 rings (SSSR count). The van der Waals surface area contributed by atoms with E-state index < -0.39 is 29.7 Å². The molecule has 1 aliphatic heterocycles. The van der Waals surface area contributed by atoms with E-state index in [0.717, 1.165) is 30.0 Å². The van der Waals surface area contributed by atoms with Gasteiger partial charge in [-0.25, -0.2) is 23.1 Å². The molecule has 1 amide bonds. The molecule has 3 heterocycles. The van der Waals surface area contributed by atoms with Crippen molar-refractivity contribution in [3.05, 3.63) is 35.7 Å². The molecule has 1 saturated heterocycles. The van der Waals surface area contributed by atoms with E-state index in [2.05, 4.69) is 31.7 Å². The fraction of sp³-hybridized carbons (Fsp3) is 0.458. The number of carbonyl (C=O) groups excluding carboxylic acids is 1. The van der Waals surface area contributed by atoms with Crippen molar-refractivity contribution in [3.8, 4) is 0 Å². The summed E-state index contributed by atoms with van der Waals surface area (Å²) in [4.78, 5) is 24.1. The Morgan fingerprint density at radius 3 is 2.74 bits per heavy atom. The summed E-state index contributed by atoms with van der Waals surface area (Å²) in [6.45, 7) is 2.85. The lowest BCUT2D eigenvalue weighted by Gasteiger charge is -2.23. The van der Waals surface area contributed by atoms with Gasteiger partial charge in [0.05, 0.1) is 23.9 Å². The van der Waals surface area contributed by atoms with Gasteiger partial charge in [-0.1, -0.05) is 6.07 Å². The molecule has 3 N–H and O–H groups in total. The lowest BCUT2D eigenvalue weighted by Crippen LogP contribution is -2.18. The Bertz CT molecular complexity index is 1260. The predicted octanol–water partition coefficient (Wildman–Crippen LogP) is 5.94. The summed E-state index contributed by atoms with van der Waals surface area (Å²) in [5.41, 5.74) is 1.16. The highest BCUT2D eigenvalue weighted by Gasteiger charge is 2.55. The number of aromatic amines is 1. The fourth-order valence-corrected chi connectivity index (χ4v) is 5.00. The van der Waals surface area contributed by atoms with Crippen LogP contribution in [0, 0.1) is 5.92 Å². The first-order chi connectivity index (χ1) is 16.7. The van der Waals surface area contributed by atoms with Crippen LogP contribution in [0.3, 0.4) is 0 Å². The van der Waals surface area contributed by atoms with Crippen LogP contribution in [0.25, 0.3) is 11.2 Å². The maximum absolute atomic E-state index is 14.0. The second kappa shape index (κ2) is 9.34. The van der Waals surface area contributed by atoms with Crippen molar-refractivity contribution < 1.29 is 22.7 Å². The zero-order chi connectivity index (χ0) is 24.7. The number of nitrogens with zero attached hydrogens (tertiary/aromatic N) is 2. The summed E-state index contributed by atoms with van der Waals surface area (Å²) in [5, 5.41) is 5.90. The smallest absolute Gasteiger partial charge is 0.295 e. The quantitative estimate of drug-likeness (QED) is 0.344. The molecular weight excluding hydrogens is 479 g/mol. The molecule has 0 spiro atoms. The molecule has 35 heavy (non-hydrogen) atoms. The van der Waals surface area contributed by atoms with Crippen LogP contribution in [0.5, 0.6) is 0 Å². The highest BCUT2D eigenvalue weighted by molar-refractivity contribution is 7.98. The highest BCUT2D eigenvalue weighted by Crippen LogP contribution is 2.47. The van der Waals surface area contributed by atoms with Crippen LogP contribution in [-0.4, -0.2) is 46.0 Å². The van der Waals surface area contributed by atoms with E-state index in [4.69, 9.17) is 4.74 Å². The Morgan fingerprint density at radius 2 is 2.09 bits per heavy atom. The SMILES string of the molecule is CSc1cc(C2CCCOC2)ccc1Nc1cc(NC(=O)C2CC2(C)F)nc2nc(C(F)F)[nH]c12. The number of benzene rings is 1. The van der Waals surface area contributed by atoms with Gasteiger partial charge in [-0.05, 0) is 50.1 Å². The van der Waals surface area contributed by atoms with Crippen LogP contribution in [0.2, 0.25) is 0 Å². The van der Waals surface area contributed by atoms with Gasteiger partial charge >= 0.3 is 0 Å². The van der Waals surface area contributed by atoms with E-state index in [1.165, 1.54) is 12.5 Å². The van der Waals surface area contributed by atoms with E-state index in [0.29, 0.717) is 18.2 Å². The Morgan fingerprint density at radius 1 is 1.29 bits per heavy atom. The normalized spacial score (nSPS) is 24.1. The van der Waals surface area contributed by atoms with Gasteiger partial charge in [-0.3, -0.25) is 4.79 Å². The van der Waals surface area contributed by atoms with Crippen molar-refractivity contribution in [3.63, 3.8) is 0 Å². The van der Waals surface area contributed by atoms with Crippen LogP contribution in [0.4, 0.5) is 30.4 Å². The largest absolute Gasteiger partial charge is 0.381 e. The van der Waals surface area contributed by atoms with Crippen molar-refractivity contribution in [2.24, 2.45) is 5.92 Å². The van der Waals surface area contributed by atoms with Gasteiger partial charge < -0.3 is 20.4 Å². The van der Waals surface area contributed by atoms with E-state index >= 15 is 0 Å². The second-order valence-corrected chi connectivity index (χ2v) is 10.0. The number of nitrogens with one attached hydrogen (secondary N) is 3. The molecule has 2 aromatic heterocycles. The number of aromatic nitrogens is 3. The third-order valence-electron chi connectivity index (χ3n) is 6.55. The van der Waals surface area contributed by atoms with Crippen molar-refractivity contribution in [1.82, 2.24) is 15.0 Å². The van der Waals surface area contributed by atoms with Crippen molar-refractivity contribution in [2.75, 3.05) is 30.1 Å². The minimum absolute atomic E-state index is 0.0288. The topological polar surface area (TPSA) is 91.9 Å². The molecule has 3 aromatic rings. The number of halogens is 3. The molecular formula is C24H26F3N5O2S. The van der Waals surface area contributed by atoms with Crippen LogP contribution < -0.4 is 10.6 Å². The maximum atomic E-state index is 14.0. The number of alkyl halides is 3. The third-order valence-corrected chi connectivity index (χ3v) is 7.33. The van der Waals surface area contributed by atoms with Gasteiger partial charge in [-0.2, -0.15) is 0 Å². The van der Waals surface area contributed by atoms with Gasteiger partial charge in [0, 0.05) is 23.5 Å². The average molecular weight is 506 g/mol. The maximum Gasteiger partial charge on any atom is 0.295 e. The lowest BCUT2D eigenvalue weighted by molar-refractivity contribution is -0.118. The fourth-order valence-electron chi connectivity index (χ4n) is 4.41. The van der Waals surface area contributed by atoms with Crippen molar-refractivity contribution >= 4 is 46.0 Å². The monoisotopic (exact) mass is 505 g/mol. The molecule has 7 nitrogen and oxygen atoms in total. The number of carbonyl (C=O) groups is 1. The number of ether oxygens (including phenoxy) is 1. The number of amides is 1. The van der Waals surface area contributed by atoms with Crippen LogP contribution in [-0.2, 0) is 9.53 Å². The lowest BCUT2D eigenvalue weighted by atomic mass is 9.93. The van der Waals surface area contributed by atoms with E-state index in [1.54, 1.807) is 17.8 Å². The molecule has 1 aromatic carbocycles. The number of hydrogen-bond donors (Lipinski definition) is 3. The molecule has 1 aliphatic carbocycles. The molecule has 1 saturated carbocycles. The molecule has 3 unspecified atom stereocenters. The number of thioether (sulfide) groups is 1.